The van der Waals surface area contributed by atoms with Crippen molar-refractivity contribution < 1.29 is 4.79 Å². The van der Waals surface area contributed by atoms with Gasteiger partial charge >= 0.3 is 0 Å². The highest BCUT2D eigenvalue weighted by Crippen LogP contribution is 2.38. The highest BCUT2D eigenvalue weighted by molar-refractivity contribution is 7.99. The Morgan fingerprint density at radius 3 is 2.84 bits per heavy atom. The van der Waals surface area contributed by atoms with Crippen molar-refractivity contribution >= 4 is 52.0 Å². The molecule has 25 heavy (non-hydrogen) atoms. The third-order valence-electron chi connectivity index (χ3n) is 4.38. The monoisotopic (exact) mass is 389 g/mol. The summed E-state index contributed by atoms with van der Waals surface area (Å²) in [7, 11) is 0. The van der Waals surface area contributed by atoms with Crippen molar-refractivity contribution in [2.75, 3.05) is 18.8 Å². The summed E-state index contributed by atoms with van der Waals surface area (Å²) in [4.78, 5) is 14.8. The van der Waals surface area contributed by atoms with E-state index in [-0.39, 0.29) is 5.91 Å². The van der Waals surface area contributed by atoms with Crippen molar-refractivity contribution in [3.8, 4) is 0 Å². The number of rotatable bonds is 2. The highest BCUT2D eigenvalue weighted by atomic mass is 35.5. The van der Waals surface area contributed by atoms with Crippen LogP contribution in [-0.2, 0) is 0 Å². The van der Waals surface area contributed by atoms with Crippen molar-refractivity contribution in [3.63, 3.8) is 0 Å². The SMILES string of the molecule is O=C(c1ccc2nsnc2c1)N1CCS[C@@H](c2ccccc2Cl)CC1. The predicted molar refractivity (Wildman–Crippen MR) is 105 cm³/mol. The van der Waals surface area contributed by atoms with Gasteiger partial charge in [0.05, 0.1) is 11.7 Å². The Morgan fingerprint density at radius 2 is 1.96 bits per heavy atom. The number of nitrogens with zero attached hydrogens (tertiary/aromatic N) is 3. The Bertz CT molecular complexity index is 914. The second-order valence-corrected chi connectivity index (χ2v) is 8.18. The number of carbonyl (C=O) groups excluding carboxylic acids is 1. The minimum atomic E-state index is 0.0651. The number of fused-ring (bicyclic) bond motifs is 1. The molecule has 1 saturated heterocycles. The van der Waals surface area contributed by atoms with Gasteiger partial charge in [-0.2, -0.15) is 20.5 Å². The average molecular weight is 390 g/mol. The summed E-state index contributed by atoms with van der Waals surface area (Å²) in [5.41, 5.74) is 3.47. The summed E-state index contributed by atoms with van der Waals surface area (Å²) < 4.78 is 8.42. The van der Waals surface area contributed by atoms with E-state index >= 15 is 0 Å². The van der Waals surface area contributed by atoms with Crippen molar-refractivity contribution in [2.24, 2.45) is 0 Å². The lowest BCUT2D eigenvalue weighted by Crippen LogP contribution is -2.32. The van der Waals surface area contributed by atoms with Gasteiger partial charge in [0.1, 0.15) is 11.0 Å². The zero-order valence-corrected chi connectivity index (χ0v) is 15.8. The maximum absolute atomic E-state index is 12.9. The van der Waals surface area contributed by atoms with Crippen LogP contribution in [0.4, 0.5) is 0 Å². The normalized spacial score (nSPS) is 18.3. The molecule has 1 amide bonds. The van der Waals surface area contributed by atoms with E-state index in [4.69, 9.17) is 11.6 Å². The molecule has 0 spiro atoms. The van der Waals surface area contributed by atoms with Gasteiger partial charge in [0.2, 0.25) is 0 Å². The van der Waals surface area contributed by atoms with Gasteiger partial charge in [-0.15, -0.1) is 0 Å². The first-order valence-corrected chi connectivity index (χ1v) is 10.3. The third-order valence-corrected chi connectivity index (χ3v) is 6.59. The second-order valence-electron chi connectivity index (χ2n) is 5.93. The summed E-state index contributed by atoms with van der Waals surface area (Å²) in [5.74, 6) is 0.970. The van der Waals surface area contributed by atoms with Crippen LogP contribution >= 0.6 is 35.1 Å². The van der Waals surface area contributed by atoms with Gasteiger partial charge in [-0.25, -0.2) is 0 Å². The Hall–Kier alpha value is -1.63. The fraction of sp³-hybridized carbons (Fsp3) is 0.278. The van der Waals surface area contributed by atoms with E-state index in [1.807, 2.05) is 53.1 Å². The maximum Gasteiger partial charge on any atom is 0.253 e. The quantitative estimate of drug-likeness (QED) is 0.639. The zero-order chi connectivity index (χ0) is 17.2. The lowest BCUT2D eigenvalue weighted by molar-refractivity contribution is 0.0766. The van der Waals surface area contributed by atoms with Crippen molar-refractivity contribution in [2.45, 2.75) is 11.7 Å². The molecular formula is C18H16ClN3OS2. The predicted octanol–water partition coefficient (Wildman–Crippen LogP) is 4.67. The number of benzene rings is 2. The lowest BCUT2D eigenvalue weighted by Gasteiger charge is -2.20. The van der Waals surface area contributed by atoms with E-state index in [1.54, 1.807) is 0 Å². The molecule has 3 aromatic rings. The van der Waals surface area contributed by atoms with Crippen LogP contribution in [0.2, 0.25) is 5.02 Å². The van der Waals surface area contributed by atoms with Crippen LogP contribution < -0.4 is 0 Å². The maximum atomic E-state index is 12.9. The summed E-state index contributed by atoms with van der Waals surface area (Å²) in [6, 6.07) is 13.5. The Morgan fingerprint density at radius 1 is 1.12 bits per heavy atom. The fourth-order valence-corrected chi connectivity index (χ4v) is 5.17. The van der Waals surface area contributed by atoms with Gasteiger partial charge in [0.25, 0.3) is 5.91 Å². The number of hydrogen-bond donors (Lipinski definition) is 0. The van der Waals surface area contributed by atoms with Gasteiger partial charge in [-0.1, -0.05) is 29.8 Å². The lowest BCUT2D eigenvalue weighted by atomic mass is 10.1. The van der Waals surface area contributed by atoms with Crippen LogP contribution in [0.3, 0.4) is 0 Å². The van der Waals surface area contributed by atoms with Crippen LogP contribution in [-0.4, -0.2) is 38.4 Å². The number of carbonyl (C=O) groups is 1. The van der Waals surface area contributed by atoms with Crippen LogP contribution in [0.5, 0.6) is 0 Å². The molecule has 0 radical (unpaired) electrons. The molecule has 0 aliphatic carbocycles. The van der Waals surface area contributed by atoms with E-state index in [1.165, 1.54) is 17.3 Å². The Balaban J connectivity index is 1.50. The minimum Gasteiger partial charge on any atom is -0.338 e. The molecule has 2 aromatic carbocycles. The molecule has 0 N–H and O–H groups in total. The first-order chi connectivity index (χ1) is 12.2. The number of amides is 1. The summed E-state index contributed by atoms with van der Waals surface area (Å²) in [6.45, 7) is 1.48. The van der Waals surface area contributed by atoms with Crippen molar-refractivity contribution in [1.82, 2.24) is 13.6 Å². The second kappa shape index (κ2) is 7.32. The smallest absolute Gasteiger partial charge is 0.253 e. The Labute approximate surface area is 159 Å². The zero-order valence-electron chi connectivity index (χ0n) is 13.4. The molecule has 128 valence electrons. The molecule has 0 unspecified atom stereocenters. The summed E-state index contributed by atoms with van der Waals surface area (Å²) in [5, 5.41) is 1.14. The van der Waals surface area contributed by atoms with E-state index < -0.39 is 0 Å². The molecule has 1 aliphatic heterocycles. The fourth-order valence-electron chi connectivity index (χ4n) is 3.06. The molecule has 1 atom stereocenters. The molecule has 1 aliphatic rings. The summed E-state index contributed by atoms with van der Waals surface area (Å²) >= 11 is 9.39. The highest BCUT2D eigenvalue weighted by Gasteiger charge is 2.24. The first-order valence-electron chi connectivity index (χ1n) is 8.10. The number of thioether (sulfide) groups is 1. The van der Waals surface area contributed by atoms with Gasteiger partial charge in [-0.05, 0) is 36.2 Å². The minimum absolute atomic E-state index is 0.0651. The van der Waals surface area contributed by atoms with Crippen molar-refractivity contribution in [3.05, 3.63) is 58.6 Å². The molecule has 1 aromatic heterocycles. The molecule has 0 bridgehead atoms. The van der Waals surface area contributed by atoms with Crippen LogP contribution in [0.25, 0.3) is 11.0 Å². The molecule has 0 saturated carbocycles. The van der Waals surface area contributed by atoms with Crippen molar-refractivity contribution in [1.29, 1.82) is 0 Å². The first kappa shape index (κ1) is 16.8. The largest absolute Gasteiger partial charge is 0.338 e. The van der Waals surface area contributed by atoms with E-state index in [9.17, 15) is 4.79 Å². The van der Waals surface area contributed by atoms with E-state index in [0.717, 1.165) is 41.3 Å². The molecular weight excluding hydrogens is 374 g/mol. The molecule has 1 fully saturated rings. The van der Waals surface area contributed by atoms with Gasteiger partial charge in [-0.3, -0.25) is 4.79 Å². The molecule has 2 heterocycles. The summed E-state index contributed by atoms with van der Waals surface area (Å²) in [6.07, 6.45) is 0.903. The van der Waals surface area contributed by atoms with Gasteiger partial charge in [0.15, 0.2) is 0 Å². The van der Waals surface area contributed by atoms with E-state index in [0.29, 0.717) is 10.8 Å². The molecule has 7 heteroatoms. The third kappa shape index (κ3) is 3.52. The standard InChI is InChI=1S/C18H16ClN3OS2/c19-14-4-2-1-3-13(14)17-7-8-22(9-10-24-17)18(23)12-5-6-15-16(11-12)21-25-20-15/h1-6,11,17H,7-10H2/t17-/m1/s1. The van der Waals surface area contributed by atoms with Crippen LogP contribution in [0.15, 0.2) is 42.5 Å². The molecule has 4 rings (SSSR count). The number of aromatic nitrogens is 2. The topological polar surface area (TPSA) is 46.1 Å². The van der Waals surface area contributed by atoms with E-state index in [2.05, 4.69) is 14.8 Å². The average Bonchev–Trinajstić information content (AvgIpc) is 2.97. The molecule has 4 nitrogen and oxygen atoms in total. The van der Waals surface area contributed by atoms with Gasteiger partial charge in [0, 0.05) is 34.7 Å². The van der Waals surface area contributed by atoms with Crippen LogP contribution in [0.1, 0.15) is 27.6 Å². The number of hydrogen-bond acceptors (Lipinski definition) is 5. The Kier molecular flexibility index (Phi) is 4.92. The van der Waals surface area contributed by atoms with Gasteiger partial charge < -0.3 is 4.90 Å². The van der Waals surface area contributed by atoms with Crippen LogP contribution in [0, 0.1) is 0 Å². The number of halogens is 1.